The molecule has 25 heavy (non-hydrogen) atoms. The van der Waals surface area contributed by atoms with Crippen molar-refractivity contribution in [3.05, 3.63) is 24.4 Å². The van der Waals surface area contributed by atoms with Crippen molar-refractivity contribution in [1.82, 2.24) is 19.5 Å². The Labute approximate surface area is 148 Å². The molecule has 138 valence electrons. The van der Waals surface area contributed by atoms with Crippen molar-refractivity contribution in [3.63, 3.8) is 0 Å². The molecule has 0 aromatic carbocycles. The largest absolute Gasteiger partial charge is 0.472 e. The quantitative estimate of drug-likeness (QED) is 0.589. The Morgan fingerprint density at radius 1 is 1.44 bits per heavy atom. The molecule has 3 rings (SSSR count). The van der Waals surface area contributed by atoms with Gasteiger partial charge in [0, 0.05) is 51.9 Å². The van der Waals surface area contributed by atoms with Crippen molar-refractivity contribution in [2.45, 2.75) is 18.9 Å². The third-order valence-electron chi connectivity index (χ3n) is 4.43. The van der Waals surface area contributed by atoms with Gasteiger partial charge in [0.2, 0.25) is 15.9 Å². The third-order valence-corrected chi connectivity index (χ3v) is 6.39. The molecular weight excluding hydrogens is 342 g/mol. The molecule has 2 saturated heterocycles. The van der Waals surface area contributed by atoms with Crippen LogP contribution in [0.1, 0.15) is 12.8 Å². The molecular formula is C16H25N5O3S. The summed E-state index contributed by atoms with van der Waals surface area (Å²) in [7, 11) is -1.30. The van der Waals surface area contributed by atoms with Crippen molar-refractivity contribution in [1.29, 1.82) is 0 Å². The normalized spacial score (nSPS) is 23.8. The summed E-state index contributed by atoms with van der Waals surface area (Å²) in [6.07, 6.45) is 3.41. The fourth-order valence-electron chi connectivity index (χ4n) is 3.17. The van der Waals surface area contributed by atoms with E-state index >= 15 is 0 Å². The van der Waals surface area contributed by atoms with Gasteiger partial charge in [-0.25, -0.2) is 17.7 Å². The van der Waals surface area contributed by atoms with Gasteiger partial charge in [-0.2, -0.15) is 0 Å². The number of hydrogen-bond donors (Lipinski definition) is 1. The highest BCUT2D eigenvalue weighted by molar-refractivity contribution is 7.89. The molecule has 0 bridgehead atoms. The first kappa shape index (κ1) is 17.9. The number of guanidine groups is 1. The van der Waals surface area contributed by atoms with Gasteiger partial charge >= 0.3 is 0 Å². The minimum absolute atomic E-state index is 0.0763. The van der Waals surface area contributed by atoms with Crippen LogP contribution in [0.3, 0.4) is 0 Å². The van der Waals surface area contributed by atoms with Crippen LogP contribution in [-0.2, 0) is 10.0 Å². The van der Waals surface area contributed by atoms with Gasteiger partial charge < -0.3 is 15.0 Å². The van der Waals surface area contributed by atoms with Crippen LogP contribution >= 0.6 is 0 Å². The number of sulfonamides is 1. The molecule has 0 amide bonds. The van der Waals surface area contributed by atoms with E-state index in [0.29, 0.717) is 25.5 Å². The molecule has 9 heteroatoms. The molecule has 0 radical (unpaired) electrons. The van der Waals surface area contributed by atoms with E-state index < -0.39 is 10.0 Å². The summed E-state index contributed by atoms with van der Waals surface area (Å²) >= 11 is 0. The van der Waals surface area contributed by atoms with Gasteiger partial charge in [-0.3, -0.25) is 4.99 Å². The Hall–Kier alpha value is -1.87. The highest BCUT2D eigenvalue weighted by Crippen LogP contribution is 2.16. The fraction of sp³-hybridized carbons (Fsp3) is 0.625. The van der Waals surface area contributed by atoms with E-state index in [1.807, 2.05) is 18.2 Å². The number of nitrogens with zero attached hydrogens (tertiary/aromatic N) is 4. The Morgan fingerprint density at radius 3 is 3.00 bits per heavy atom. The molecule has 2 fully saturated rings. The van der Waals surface area contributed by atoms with Gasteiger partial charge in [0.1, 0.15) is 6.10 Å². The minimum Gasteiger partial charge on any atom is -0.472 e. The zero-order valence-corrected chi connectivity index (χ0v) is 15.3. The maximum Gasteiger partial charge on any atom is 0.214 e. The average Bonchev–Trinajstić information content (AvgIpc) is 3.19. The van der Waals surface area contributed by atoms with E-state index in [4.69, 9.17) is 4.74 Å². The lowest BCUT2D eigenvalue weighted by Crippen LogP contribution is -2.44. The monoisotopic (exact) mass is 367 g/mol. The van der Waals surface area contributed by atoms with Crippen LogP contribution in [0.5, 0.6) is 5.88 Å². The van der Waals surface area contributed by atoms with Crippen molar-refractivity contribution < 1.29 is 13.2 Å². The first-order valence-electron chi connectivity index (χ1n) is 8.59. The molecule has 2 aliphatic rings. The van der Waals surface area contributed by atoms with Crippen molar-refractivity contribution >= 4 is 16.0 Å². The number of hydrogen-bond acceptors (Lipinski definition) is 5. The second kappa shape index (κ2) is 8.01. The average molecular weight is 367 g/mol. The van der Waals surface area contributed by atoms with Crippen LogP contribution in [0.25, 0.3) is 0 Å². The molecule has 1 aromatic heterocycles. The second-order valence-corrected chi connectivity index (χ2v) is 8.27. The third kappa shape index (κ3) is 4.60. The molecule has 2 aliphatic heterocycles. The molecule has 3 heterocycles. The van der Waals surface area contributed by atoms with Crippen molar-refractivity contribution in [3.8, 4) is 5.88 Å². The van der Waals surface area contributed by atoms with E-state index in [2.05, 4.69) is 20.2 Å². The summed E-state index contributed by atoms with van der Waals surface area (Å²) in [5.41, 5.74) is 0. The topological polar surface area (TPSA) is 87.1 Å². The predicted molar refractivity (Wildman–Crippen MR) is 96.2 cm³/mol. The first-order chi connectivity index (χ1) is 12.1. The van der Waals surface area contributed by atoms with Crippen LogP contribution in [0.4, 0.5) is 0 Å². The number of nitrogens with one attached hydrogen (secondary N) is 1. The maximum atomic E-state index is 11.8. The fourth-order valence-corrected chi connectivity index (χ4v) is 4.70. The van der Waals surface area contributed by atoms with E-state index in [1.165, 1.54) is 0 Å². The predicted octanol–water partition coefficient (Wildman–Crippen LogP) is 0.146. The summed E-state index contributed by atoms with van der Waals surface area (Å²) in [6, 6.07) is 5.62. The van der Waals surface area contributed by atoms with Crippen molar-refractivity contribution in [2.24, 2.45) is 4.99 Å². The molecule has 1 unspecified atom stereocenters. The lowest BCUT2D eigenvalue weighted by Gasteiger charge is -2.23. The summed E-state index contributed by atoms with van der Waals surface area (Å²) < 4.78 is 31.1. The Morgan fingerprint density at radius 2 is 2.32 bits per heavy atom. The second-order valence-electron chi connectivity index (χ2n) is 6.19. The van der Waals surface area contributed by atoms with Gasteiger partial charge in [0.15, 0.2) is 5.96 Å². The molecule has 0 aliphatic carbocycles. The summed E-state index contributed by atoms with van der Waals surface area (Å²) in [4.78, 5) is 10.6. The highest BCUT2D eigenvalue weighted by atomic mass is 32.2. The highest BCUT2D eigenvalue weighted by Gasteiger charge is 2.29. The molecule has 8 nitrogen and oxygen atoms in total. The lowest BCUT2D eigenvalue weighted by atomic mass is 10.3. The summed E-state index contributed by atoms with van der Waals surface area (Å²) in [6.45, 7) is 3.22. The lowest BCUT2D eigenvalue weighted by molar-refractivity contribution is 0.205. The Balaban J connectivity index is 1.46. The van der Waals surface area contributed by atoms with Gasteiger partial charge in [0.05, 0.1) is 12.3 Å². The van der Waals surface area contributed by atoms with Gasteiger partial charge in [-0.05, 0) is 12.5 Å². The number of rotatable bonds is 5. The van der Waals surface area contributed by atoms with Crippen LogP contribution in [0.15, 0.2) is 29.4 Å². The number of aromatic nitrogens is 1. The van der Waals surface area contributed by atoms with Crippen LogP contribution < -0.4 is 10.1 Å². The molecule has 0 spiro atoms. The molecule has 1 aromatic rings. The van der Waals surface area contributed by atoms with Gasteiger partial charge in [0.25, 0.3) is 0 Å². The summed E-state index contributed by atoms with van der Waals surface area (Å²) in [5.74, 6) is 1.68. The number of pyridine rings is 1. The molecule has 1 atom stereocenters. The Bertz CT molecular complexity index is 695. The summed E-state index contributed by atoms with van der Waals surface area (Å²) in [5, 5.41) is 3.26. The zero-order chi connectivity index (χ0) is 17.7. The van der Waals surface area contributed by atoms with E-state index in [9.17, 15) is 8.42 Å². The number of ether oxygens (including phenoxy) is 1. The number of likely N-dealkylation sites (tertiary alicyclic amines) is 1. The molecule has 0 saturated carbocycles. The van der Waals surface area contributed by atoms with Crippen molar-refractivity contribution in [2.75, 3.05) is 45.5 Å². The van der Waals surface area contributed by atoms with E-state index in [0.717, 1.165) is 31.9 Å². The van der Waals surface area contributed by atoms with Gasteiger partial charge in [-0.1, -0.05) is 6.07 Å². The van der Waals surface area contributed by atoms with E-state index in [1.54, 1.807) is 17.5 Å². The SMILES string of the molecule is CN=C(NCCN1CCCS1(=O)=O)N1CCC(Oc2ccccn2)C1. The van der Waals surface area contributed by atoms with Gasteiger partial charge in [-0.15, -0.1) is 0 Å². The minimum atomic E-state index is -3.04. The number of aliphatic imine (C=N–C) groups is 1. The maximum absolute atomic E-state index is 11.8. The first-order valence-corrected chi connectivity index (χ1v) is 10.2. The van der Waals surface area contributed by atoms with Crippen LogP contribution in [0, 0.1) is 0 Å². The smallest absolute Gasteiger partial charge is 0.214 e. The zero-order valence-electron chi connectivity index (χ0n) is 14.5. The van der Waals surface area contributed by atoms with Crippen LogP contribution in [-0.4, -0.2) is 80.2 Å². The standard InChI is InChI=1S/C16H25N5O3S/c1-17-16(19-8-11-21-9-4-12-25(21,22)23)20-10-6-14(13-20)24-15-5-2-3-7-18-15/h2-3,5,7,14H,4,6,8-13H2,1H3,(H,17,19). The van der Waals surface area contributed by atoms with Crippen LogP contribution in [0.2, 0.25) is 0 Å². The molecule has 1 N–H and O–H groups in total. The Kier molecular flexibility index (Phi) is 5.74. The van der Waals surface area contributed by atoms with E-state index in [-0.39, 0.29) is 11.9 Å².